The summed E-state index contributed by atoms with van der Waals surface area (Å²) in [6, 6.07) is 0. The van der Waals surface area contributed by atoms with Crippen molar-refractivity contribution in [2.45, 2.75) is 91.4 Å². The molecule has 1 unspecified atom stereocenters. The van der Waals surface area contributed by atoms with Crippen LogP contribution in [0.25, 0.3) is 0 Å². The molecule has 4 rings (SSSR count). The molecule has 0 N–H and O–H groups in total. The predicted octanol–water partition coefficient (Wildman–Crippen LogP) is 5.83. The van der Waals surface area contributed by atoms with Crippen molar-refractivity contribution in [3.05, 3.63) is 0 Å². The zero-order valence-corrected chi connectivity index (χ0v) is 17.1. The van der Waals surface area contributed by atoms with Crippen LogP contribution in [0.5, 0.6) is 0 Å². The summed E-state index contributed by atoms with van der Waals surface area (Å²) in [6.45, 7) is 7.55. The van der Waals surface area contributed by atoms with Gasteiger partial charge in [0, 0.05) is 19.3 Å². The maximum atomic E-state index is 12.0. The second-order valence-corrected chi connectivity index (χ2v) is 10.8. The number of carbonyl (C=O) groups excluding carboxylic acids is 2. The number of hydrogen-bond acceptors (Lipinski definition) is 2. The molecule has 0 radical (unpaired) electrons. The lowest BCUT2D eigenvalue weighted by Gasteiger charge is -2.60. The van der Waals surface area contributed by atoms with E-state index in [1.807, 2.05) is 0 Å². The Morgan fingerprint density at radius 1 is 1.04 bits per heavy atom. The molecule has 146 valence electrons. The molecule has 4 saturated carbocycles. The molecule has 0 amide bonds. The van der Waals surface area contributed by atoms with Crippen LogP contribution in [0.2, 0.25) is 0 Å². The lowest BCUT2D eigenvalue weighted by Crippen LogP contribution is -2.53. The number of rotatable bonds is 4. The van der Waals surface area contributed by atoms with E-state index in [9.17, 15) is 9.59 Å². The van der Waals surface area contributed by atoms with E-state index in [1.54, 1.807) is 0 Å². The SMILES string of the molecule is C[C@H](CCC=O)[C@H]1CC[C@H]2[C@@H]3CCC4CC(=O)CC[C@]4(C)[C@H]3CC[C@]12C. The van der Waals surface area contributed by atoms with E-state index in [-0.39, 0.29) is 0 Å². The average Bonchev–Trinajstić information content (AvgIpc) is 2.97. The highest BCUT2D eigenvalue weighted by Gasteiger charge is 2.60. The summed E-state index contributed by atoms with van der Waals surface area (Å²) in [5.74, 6) is 5.33. The smallest absolute Gasteiger partial charge is 0.133 e. The normalized spacial score (nSPS) is 49.0. The second kappa shape index (κ2) is 6.74. The highest BCUT2D eigenvalue weighted by Crippen LogP contribution is 2.68. The van der Waals surface area contributed by atoms with Crippen LogP contribution >= 0.6 is 0 Å². The summed E-state index contributed by atoms with van der Waals surface area (Å²) >= 11 is 0. The van der Waals surface area contributed by atoms with Gasteiger partial charge in [0.1, 0.15) is 12.1 Å². The van der Waals surface area contributed by atoms with Gasteiger partial charge in [0.15, 0.2) is 0 Å². The highest BCUT2D eigenvalue weighted by atomic mass is 16.1. The van der Waals surface area contributed by atoms with E-state index in [0.717, 1.165) is 62.1 Å². The molecule has 2 heteroatoms. The lowest BCUT2D eigenvalue weighted by atomic mass is 9.44. The van der Waals surface area contributed by atoms with Gasteiger partial charge in [-0.3, -0.25) is 4.79 Å². The number of hydrogen-bond donors (Lipinski definition) is 0. The molecule has 0 aromatic carbocycles. The Hall–Kier alpha value is -0.660. The largest absolute Gasteiger partial charge is 0.303 e. The molecule has 0 aromatic heterocycles. The summed E-state index contributed by atoms with van der Waals surface area (Å²) < 4.78 is 0. The zero-order valence-electron chi connectivity index (χ0n) is 17.1. The third kappa shape index (κ3) is 2.73. The third-order valence-electron chi connectivity index (χ3n) is 9.98. The van der Waals surface area contributed by atoms with Crippen molar-refractivity contribution in [2.75, 3.05) is 0 Å². The molecule has 0 saturated heterocycles. The van der Waals surface area contributed by atoms with E-state index in [2.05, 4.69) is 20.8 Å². The Bertz CT molecular complexity index is 569. The zero-order chi connectivity index (χ0) is 18.5. The van der Waals surface area contributed by atoms with Crippen molar-refractivity contribution >= 4 is 12.1 Å². The molecule has 4 fully saturated rings. The summed E-state index contributed by atoms with van der Waals surface area (Å²) in [7, 11) is 0. The highest BCUT2D eigenvalue weighted by molar-refractivity contribution is 5.79. The van der Waals surface area contributed by atoms with Crippen molar-refractivity contribution in [1.82, 2.24) is 0 Å². The molecular weight excluding hydrogens is 320 g/mol. The fourth-order valence-electron chi connectivity index (χ4n) is 8.55. The molecule has 8 atom stereocenters. The van der Waals surface area contributed by atoms with Crippen molar-refractivity contribution < 1.29 is 9.59 Å². The first-order chi connectivity index (χ1) is 12.4. The first-order valence-corrected chi connectivity index (χ1v) is 11.4. The topological polar surface area (TPSA) is 34.1 Å². The molecule has 0 spiro atoms. The Morgan fingerprint density at radius 2 is 1.81 bits per heavy atom. The van der Waals surface area contributed by atoms with Crippen LogP contribution in [-0.4, -0.2) is 12.1 Å². The van der Waals surface area contributed by atoms with Gasteiger partial charge >= 0.3 is 0 Å². The molecular formula is C24H38O2. The lowest BCUT2D eigenvalue weighted by molar-refractivity contribution is -0.140. The molecule has 0 bridgehead atoms. The van der Waals surface area contributed by atoms with E-state index in [1.165, 1.54) is 38.5 Å². The van der Waals surface area contributed by atoms with Crippen LogP contribution in [0.15, 0.2) is 0 Å². The number of fused-ring (bicyclic) bond motifs is 5. The summed E-state index contributed by atoms with van der Waals surface area (Å²) in [5, 5.41) is 0. The summed E-state index contributed by atoms with van der Waals surface area (Å²) in [6.07, 6.45) is 14.0. The molecule has 2 nitrogen and oxygen atoms in total. The quantitative estimate of drug-likeness (QED) is 0.593. The summed E-state index contributed by atoms with van der Waals surface area (Å²) in [5.41, 5.74) is 0.927. The van der Waals surface area contributed by atoms with Gasteiger partial charge in [-0.2, -0.15) is 0 Å². The average molecular weight is 359 g/mol. The van der Waals surface area contributed by atoms with Crippen molar-refractivity contribution in [1.29, 1.82) is 0 Å². The Kier molecular flexibility index (Phi) is 4.85. The number of ketones is 1. The third-order valence-corrected chi connectivity index (χ3v) is 9.98. The maximum Gasteiger partial charge on any atom is 0.133 e. The summed E-state index contributed by atoms with van der Waals surface area (Å²) in [4.78, 5) is 22.9. The minimum atomic E-state index is 0.430. The van der Waals surface area contributed by atoms with E-state index in [0.29, 0.717) is 28.4 Å². The molecule has 0 aliphatic heterocycles. The second-order valence-electron chi connectivity index (χ2n) is 10.8. The van der Waals surface area contributed by atoms with Crippen LogP contribution < -0.4 is 0 Å². The van der Waals surface area contributed by atoms with Crippen molar-refractivity contribution in [3.63, 3.8) is 0 Å². The van der Waals surface area contributed by atoms with Crippen molar-refractivity contribution in [2.24, 2.45) is 46.3 Å². The fraction of sp³-hybridized carbons (Fsp3) is 0.917. The molecule has 4 aliphatic carbocycles. The minimum absolute atomic E-state index is 0.430. The Labute approximate surface area is 159 Å². The van der Waals surface area contributed by atoms with Gasteiger partial charge < -0.3 is 4.79 Å². The van der Waals surface area contributed by atoms with Gasteiger partial charge in [0.25, 0.3) is 0 Å². The van der Waals surface area contributed by atoms with Crippen LogP contribution in [0.1, 0.15) is 91.4 Å². The van der Waals surface area contributed by atoms with Crippen LogP contribution in [-0.2, 0) is 9.59 Å². The van der Waals surface area contributed by atoms with E-state index >= 15 is 0 Å². The minimum Gasteiger partial charge on any atom is -0.303 e. The van der Waals surface area contributed by atoms with Gasteiger partial charge in [-0.1, -0.05) is 20.8 Å². The van der Waals surface area contributed by atoms with Gasteiger partial charge in [-0.05, 0) is 97.7 Å². The van der Waals surface area contributed by atoms with E-state index < -0.39 is 0 Å². The molecule has 4 aliphatic rings. The predicted molar refractivity (Wildman–Crippen MR) is 105 cm³/mol. The first-order valence-electron chi connectivity index (χ1n) is 11.4. The van der Waals surface area contributed by atoms with Crippen LogP contribution in [0.4, 0.5) is 0 Å². The Morgan fingerprint density at radius 3 is 2.58 bits per heavy atom. The van der Waals surface area contributed by atoms with Gasteiger partial charge in [-0.25, -0.2) is 0 Å². The number of aldehydes is 1. The van der Waals surface area contributed by atoms with Gasteiger partial charge in [-0.15, -0.1) is 0 Å². The van der Waals surface area contributed by atoms with Crippen LogP contribution in [0, 0.1) is 46.3 Å². The maximum absolute atomic E-state index is 12.0. The number of Topliss-reactive ketones (excluding diaryl/α,β-unsaturated/α-hetero) is 1. The number of carbonyl (C=O) groups is 2. The molecule has 26 heavy (non-hydrogen) atoms. The molecule has 0 aromatic rings. The van der Waals surface area contributed by atoms with Gasteiger partial charge in [0.05, 0.1) is 0 Å². The standard InChI is InChI=1S/C24H38O2/c1-16(5-4-14-25)20-8-9-21-19-7-6-17-15-18(26)10-12-23(17,2)22(19)11-13-24(20,21)3/h14,16-17,19-22H,4-13,15H2,1-3H3/t16-,17?,19+,20-,21+,22+,23+,24-/m1/s1. The Balaban J connectivity index is 1.54. The van der Waals surface area contributed by atoms with E-state index in [4.69, 9.17) is 0 Å². The van der Waals surface area contributed by atoms with Crippen molar-refractivity contribution in [3.8, 4) is 0 Å². The van der Waals surface area contributed by atoms with Crippen LogP contribution in [0.3, 0.4) is 0 Å². The monoisotopic (exact) mass is 358 g/mol. The molecule has 0 heterocycles. The fourth-order valence-corrected chi connectivity index (χ4v) is 8.55. The first kappa shape index (κ1) is 18.7. The van der Waals surface area contributed by atoms with Gasteiger partial charge in [0.2, 0.25) is 0 Å².